The molecule has 1 heterocycles. The molecule has 1 unspecified atom stereocenters. The predicted octanol–water partition coefficient (Wildman–Crippen LogP) is 4.83. The van der Waals surface area contributed by atoms with Gasteiger partial charge >= 0.3 is 6.03 Å². The first kappa shape index (κ1) is 18.6. The molecule has 1 fully saturated rings. The Morgan fingerprint density at radius 2 is 1.88 bits per heavy atom. The molecule has 138 valence electrons. The second-order valence-electron chi connectivity index (χ2n) is 6.70. The summed E-state index contributed by atoms with van der Waals surface area (Å²) in [5.74, 6) is 1.23. The number of urea groups is 1. The van der Waals surface area contributed by atoms with Crippen molar-refractivity contribution in [1.29, 1.82) is 0 Å². The van der Waals surface area contributed by atoms with Crippen molar-refractivity contribution < 1.29 is 9.53 Å². The molecule has 0 saturated carbocycles. The number of methoxy groups -OCH3 is 1. The highest BCUT2D eigenvalue weighted by Gasteiger charge is 2.23. The van der Waals surface area contributed by atoms with E-state index in [-0.39, 0.29) is 6.03 Å². The van der Waals surface area contributed by atoms with Gasteiger partial charge in [0.15, 0.2) is 0 Å². The molecule has 1 aliphatic heterocycles. The van der Waals surface area contributed by atoms with Crippen LogP contribution in [0.3, 0.4) is 0 Å². The summed E-state index contributed by atoms with van der Waals surface area (Å²) in [6, 6.07) is 15.8. The van der Waals surface area contributed by atoms with Crippen molar-refractivity contribution in [2.24, 2.45) is 0 Å². The number of carbonyl (C=O) groups is 1. The smallest absolute Gasteiger partial charge is 0.317 e. The number of nitrogens with one attached hydrogen (secondary N) is 1. The van der Waals surface area contributed by atoms with E-state index in [1.54, 1.807) is 7.11 Å². The summed E-state index contributed by atoms with van der Waals surface area (Å²) in [7, 11) is 1.67. The first-order chi connectivity index (χ1) is 12.7. The lowest BCUT2D eigenvalue weighted by Gasteiger charge is -2.25. The average Bonchev–Trinajstić information content (AvgIpc) is 2.94. The SMILES string of the molecule is COc1ccc(C2CCCCN(C(=O)NCc3ccc(Cl)cc3)C2)cc1. The van der Waals surface area contributed by atoms with Crippen molar-refractivity contribution in [1.82, 2.24) is 10.2 Å². The van der Waals surface area contributed by atoms with Gasteiger partial charge in [-0.1, -0.05) is 42.3 Å². The van der Waals surface area contributed by atoms with Gasteiger partial charge in [-0.15, -0.1) is 0 Å². The van der Waals surface area contributed by atoms with E-state index in [0.29, 0.717) is 17.5 Å². The van der Waals surface area contributed by atoms with Crippen molar-refractivity contribution in [2.75, 3.05) is 20.2 Å². The first-order valence-electron chi connectivity index (χ1n) is 9.07. The molecule has 1 aliphatic rings. The van der Waals surface area contributed by atoms with Crippen molar-refractivity contribution in [2.45, 2.75) is 31.7 Å². The number of amides is 2. The number of hydrogen-bond acceptors (Lipinski definition) is 2. The molecule has 1 atom stereocenters. The predicted molar refractivity (Wildman–Crippen MR) is 105 cm³/mol. The van der Waals surface area contributed by atoms with Gasteiger partial charge in [-0.2, -0.15) is 0 Å². The summed E-state index contributed by atoms with van der Waals surface area (Å²) in [4.78, 5) is 14.6. The third-order valence-corrected chi connectivity index (χ3v) is 5.15. The maximum atomic E-state index is 12.6. The fourth-order valence-corrected chi connectivity index (χ4v) is 3.49. The van der Waals surface area contributed by atoms with Gasteiger partial charge < -0.3 is 15.0 Å². The second-order valence-corrected chi connectivity index (χ2v) is 7.13. The summed E-state index contributed by atoms with van der Waals surface area (Å²) in [5.41, 5.74) is 2.31. The third-order valence-electron chi connectivity index (χ3n) is 4.90. The summed E-state index contributed by atoms with van der Waals surface area (Å²) < 4.78 is 5.24. The Balaban J connectivity index is 1.60. The van der Waals surface area contributed by atoms with Crippen LogP contribution in [0, 0.1) is 0 Å². The minimum absolute atomic E-state index is 0.000335. The van der Waals surface area contributed by atoms with Crippen molar-refractivity contribution in [3.8, 4) is 5.75 Å². The lowest BCUT2D eigenvalue weighted by Crippen LogP contribution is -2.41. The van der Waals surface area contributed by atoms with Crippen LogP contribution in [0.25, 0.3) is 0 Å². The lowest BCUT2D eigenvalue weighted by atomic mass is 9.94. The standard InChI is InChI=1S/C21H25ClN2O2/c1-26-20-11-7-17(8-12-20)18-4-2-3-13-24(15-18)21(25)23-14-16-5-9-19(22)10-6-16/h5-12,18H,2-4,13-15H2,1H3,(H,23,25). The number of hydrogen-bond donors (Lipinski definition) is 1. The van der Waals surface area contributed by atoms with Gasteiger partial charge in [0.1, 0.15) is 5.75 Å². The molecule has 0 spiro atoms. The number of benzene rings is 2. The summed E-state index contributed by atoms with van der Waals surface area (Å²) >= 11 is 5.90. The maximum Gasteiger partial charge on any atom is 0.317 e. The van der Waals surface area contributed by atoms with Crippen molar-refractivity contribution in [3.05, 3.63) is 64.7 Å². The molecular weight excluding hydrogens is 348 g/mol. The molecular formula is C21H25ClN2O2. The van der Waals surface area contributed by atoms with Crippen LogP contribution in [0.1, 0.15) is 36.3 Å². The minimum Gasteiger partial charge on any atom is -0.497 e. The largest absolute Gasteiger partial charge is 0.497 e. The molecule has 4 nitrogen and oxygen atoms in total. The van der Waals surface area contributed by atoms with E-state index in [1.807, 2.05) is 41.3 Å². The van der Waals surface area contributed by atoms with Crippen LogP contribution in [0.2, 0.25) is 5.02 Å². The van der Waals surface area contributed by atoms with Crippen LogP contribution in [-0.4, -0.2) is 31.1 Å². The van der Waals surface area contributed by atoms with Gasteiger partial charge in [-0.3, -0.25) is 0 Å². The Morgan fingerprint density at radius 1 is 1.15 bits per heavy atom. The molecule has 1 saturated heterocycles. The molecule has 3 rings (SSSR count). The molecule has 26 heavy (non-hydrogen) atoms. The summed E-state index contributed by atoms with van der Waals surface area (Å²) in [5, 5.41) is 3.73. The summed E-state index contributed by atoms with van der Waals surface area (Å²) in [6.45, 7) is 2.07. The lowest BCUT2D eigenvalue weighted by molar-refractivity contribution is 0.197. The Kier molecular flexibility index (Phi) is 6.40. The number of rotatable bonds is 4. The molecule has 0 aliphatic carbocycles. The minimum atomic E-state index is 0.000335. The van der Waals surface area contributed by atoms with E-state index >= 15 is 0 Å². The molecule has 2 aromatic carbocycles. The van der Waals surface area contributed by atoms with Crippen molar-refractivity contribution >= 4 is 17.6 Å². The van der Waals surface area contributed by atoms with E-state index < -0.39 is 0 Å². The Labute approximate surface area is 160 Å². The first-order valence-corrected chi connectivity index (χ1v) is 9.44. The quantitative estimate of drug-likeness (QED) is 0.835. The Bertz CT molecular complexity index is 716. The molecule has 1 N–H and O–H groups in total. The monoisotopic (exact) mass is 372 g/mol. The summed E-state index contributed by atoms with van der Waals surface area (Å²) in [6.07, 6.45) is 3.28. The van der Waals surface area contributed by atoms with Gasteiger partial charge in [0.2, 0.25) is 0 Å². The topological polar surface area (TPSA) is 41.6 Å². The highest BCUT2D eigenvalue weighted by Crippen LogP contribution is 2.28. The highest BCUT2D eigenvalue weighted by atomic mass is 35.5. The number of likely N-dealkylation sites (tertiary alicyclic amines) is 1. The van der Waals surface area contributed by atoms with E-state index in [1.165, 1.54) is 5.56 Å². The number of nitrogens with zero attached hydrogens (tertiary/aromatic N) is 1. The van der Waals surface area contributed by atoms with E-state index in [4.69, 9.17) is 16.3 Å². The molecule has 0 bridgehead atoms. The average molecular weight is 373 g/mol. The van der Waals surface area contributed by atoms with E-state index in [2.05, 4.69) is 17.4 Å². The number of halogens is 1. The van der Waals surface area contributed by atoms with E-state index in [9.17, 15) is 4.79 Å². The van der Waals surface area contributed by atoms with Gasteiger partial charge in [-0.05, 0) is 48.2 Å². The Morgan fingerprint density at radius 3 is 2.58 bits per heavy atom. The number of carbonyl (C=O) groups excluding carboxylic acids is 1. The van der Waals surface area contributed by atoms with Gasteiger partial charge in [0.05, 0.1) is 7.11 Å². The second kappa shape index (κ2) is 8.95. The zero-order valence-corrected chi connectivity index (χ0v) is 15.8. The van der Waals surface area contributed by atoms with Gasteiger partial charge in [0, 0.05) is 30.6 Å². The highest BCUT2D eigenvalue weighted by molar-refractivity contribution is 6.30. The molecule has 5 heteroatoms. The number of ether oxygens (including phenoxy) is 1. The zero-order chi connectivity index (χ0) is 18.4. The maximum absolute atomic E-state index is 12.6. The van der Waals surface area contributed by atoms with E-state index in [0.717, 1.165) is 43.7 Å². The zero-order valence-electron chi connectivity index (χ0n) is 15.1. The van der Waals surface area contributed by atoms with Gasteiger partial charge in [0.25, 0.3) is 0 Å². The fraction of sp³-hybridized carbons (Fsp3) is 0.381. The van der Waals surface area contributed by atoms with Crippen LogP contribution in [0.5, 0.6) is 5.75 Å². The molecule has 2 aromatic rings. The molecule has 0 aromatic heterocycles. The van der Waals surface area contributed by atoms with Crippen LogP contribution >= 0.6 is 11.6 Å². The van der Waals surface area contributed by atoms with Crippen molar-refractivity contribution in [3.63, 3.8) is 0 Å². The Hall–Kier alpha value is -2.20. The molecule has 2 amide bonds. The normalized spacial score (nSPS) is 17.5. The van der Waals surface area contributed by atoms with Gasteiger partial charge in [-0.25, -0.2) is 4.79 Å². The fourth-order valence-electron chi connectivity index (χ4n) is 3.37. The van der Waals surface area contributed by atoms with Crippen LogP contribution < -0.4 is 10.1 Å². The van der Waals surface area contributed by atoms with Crippen LogP contribution in [-0.2, 0) is 6.54 Å². The third kappa shape index (κ3) is 4.92. The molecule has 0 radical (unpaired) electrons. The van der Waals surface area contributed by atoms with Crippen LogP contribution in [0.4, 0.5) is 4.79 Å². The van der Waals surface area contributed by atoms with Crippen LogP contribution in [0.15, 0.2) is 48.5 Å².